The zero-order valence-electron chi connectivity index (χ0n) is 15.3. The molecule has 0 atom stereocenters. The lowest BCUT2D eigenvalue weighted by Crippen LogP contribution is -2.17. The van der Waals surface area contributed by atoms with Crippen LogP contribution in [0.3, 0.4) is 0 Å². The molecule has 0 radical (unpaired) electrons. The first kappa shape index (κ1) is 18.0. The lowest BCUT2D eigenvalue weighted by atomic mass is 10.1. The maximum absolute atomic E-state index is 11.9. The van der Waals surface area contributed by atoms with Gasteiger partial charge in [0.05, 0.1) is 18.5 Å². The van der Waals surface area contributed by atoms with Crippen LogP contribution < -0.4 is 5.56 Å². The topological polar surface area (TPSA) is 76.0 Å². The van der Waals surface area contributed by atoms with Gasteiger partial charge in [0.1, 0.15) is 5.82 Å². The van der Waals surface area contributed by atoms with Gasteiger partial charge in [-0.2, -0.15) is 5.10 Å². The van der Waals surface area contributed by atoms with E-state index in [1.54, 1.807) is 11.8 Å². The average Bonchev–Trinajstić information content (AvgIpc) is 2.99. The van der Waals surface area contributed by atoms with E-state index in [-0.39, 0.29) is 5.56 Å². The fourth-order valence-electron chi connectivity index (χ4n) is 2.92. The van der Waals surface area contributed by atoms with Crippen LogP contribution in [0.25, 0.3) is 11.4 Å². The lowest BCUT2D eigenvalue weighted by Gasteiger charge is -2.16. The lowest BCUT2D eigenvalue weighted by molar-refractivity contribution is 0.181. The van der Waals surface area contributed by atoms with Gasteiger partial charge in [-0.15, -0.1) is 0 Å². The van der Waals surface area contributed by atoms with Crippen molar-refractivity contribution in [1.82, 2.24) is 24.6 Å². The van der Waals surface area contributed by atoms with Crippen LogP contribution in [-0.4, -0.2) is 38.8 Å². The molecule has 0 fully saturated rings. The molecule has 0 unspecified atom stereocenters. The van der Waals surface area contributed by atoms with Crippen LogP contribution in [0.2, 0.25) is 0 Å². The number of ether oxygens (including phenoxy) is 1. The van der Waals surface area contributed by atoms with Gasteiger partial charge in [-0.25, -0.2) is 4.98 Å². The van der Waals surface area contributed by atoms with Crippen LogP contribution in [0, 0.1) is 0 Å². The van der Waals surface area contributed by atoms with Crippen LogP contribution >= 0.6 is 0 Å². The first-order chi connectivity index (χ1) is 12.5. The van der Waals surface area contributed by atoms with Gasteiger partial charge in [-0.1, -0.05) is 18.2 Å². The van der Waals surface area contributed by atoms with E-state index in [0.29, 0.717) is 18.1 Å². The zero-order chi connectivity index (χ0) is 18.5. The molecule has 0 spiro atoms. The van der Waals surface area contributed by atoms with Gasteiger partial charge in [-0.3, -0.25) is 14.4 Å². The third kappa shape index (κ3) is 4.65. The van der Waals surface area contributed by atoms with Crippen molar-refractivity contribution in [2.45, 2.75) is 19.7 Å². The third-order valence-electron chi connectivity index (χ3n) is 3.95. The number of nitrogens with one attached hydrogen (secondary N) is 1. The number of H-pyrrole nitrogens is 1. The first-order valence-corrected chi connectivity index (χ1v) is 8.38. The highest BCUT2D eigenvalue weighted by Crippen LogP contribution is 2.17. The van der Waals surface area contributed by atoms with E-state index in [4.69, 9.17) is 4.74 Å². The molecular weight excluding hydrogens is 330 g/mol. The summed E-state index contributed by atoms with van der Waals surface area (Å²) in [5.41, 5.74) is 3.64. The summed E-state index contributed by atoms with van der Waals surface area (Å²) in [4.78, 5) is 21.4. The van der Waals surface area contributed by atoms with E-state index < -0.39 is 0 Å². The van der Waals surface area contributed by atoms with Gasteiger partial charge < -0.3 is 9.72 Å². The first-order valence-electron chi connectivity index (χ1n) is 8.38. The Hall–Kier alpha value is -2.77. The van der Waals surface area contributed by atoms with Crippen LogP contribution in [0.15, 0.2) is 47.5 Å². The normalized spacial score (nSPS) is 11.2. The number of hydrogen-bond acceptors (Lipinski definition) is 5. The molecule has 7 nitrogen and oxygen atoms in total. The molecule has 3 rings (SSSR count). The number of hydrogen-bond donors (Lipinski definition) is 1. The number of aromatic nitrogens is 4. The highest BCUT2D eigenvalue weighted by Gasteiger charge is 2.08. The molecule has 0 aliphatic rings. The van der Waals surface area contributed by atoms with Gasteiger partial charge in [0.2, 0.25) is 0 Å². The minimum absolute atomic E-state index is 0.179. The number of aromatic amines is 1. The summed E-state index contributed by atoms with van der Waals surface area (Å²) in [6, 6.07) is 9.50. The van der Waals surface area contributed by atoms with Crippen LogP contribution in [0.5, 0.6) is 0 Å². The SMILES string of the molecule is COCc1cc(=O)[nH]c(-c2cccc(CN(C)Cc3cnn(C)c3)c2)n1. The Morgan fingerprint density at radius 2 is 2.04 bits per heavy atom. The summed E-state index contributed by atoms with van der Waals surface area (Å²) in [6.07, 6.45) is 3.89. The Labute approximate surface area is 152 Å². The molecule has 136 valence electrons. The number of benzene rings is 1. The molecule has 0 saturated heterocycles. The Morgan fingerprint density at radius 3 is 2.77 bits per heavy atom. The van der Waals surface area contributed by atoms with Gasteiger partial charge in [0, 0.05) is 50.6 Å². The maximum atomic E-state index is 11.9. The van der Waals surface area contributed by atoms with E-state index in [0.717, 1.165) is 24.2 Å². The molecule has 0 aliphatic carbocycles. The summed E-state index contributed by atoms with van der Waals surface area (Å²) in [5, 5.41) is 4.20. The van der Waals surface area contributed by atoms with Gasteiger partial charge in [0.15, 0.2) is 0 Å². The average molecular weight is 353 g/mol. The second-order valence-corrected chi connectivity index (χ2v) is 6.41. The highest BCUT2D eigenvalue weighted by molar-refractivity contribution is 5.56. The summed E-state index contributed by atoms with van der Waals surface area (Å²) in [7, 11) is 5.57. The molecule has 0 aliphatic heterocycles. The largest absolute Gasteiger partial charge is 0.378 e. The molecule has 0 saturated carbocycles. The van der Waals surface area contributed by atoms with Gasteiger partial charge in [0.25, 0.3) is 5.56 Å². The Balaban J connectivity index is 1.76. The predicted molar refractivity (Wildman–Crippen MR) is 99.4 cm³/mol. The molecule has 2 heterocycles. The second-order valence-electron chi connectivity index (χ2n) is 6.41. The molecule has 0 amide bonds. The maximum Gasteiger partial charge on any atom is 0.251 e. The molecule has 26 heavy (non-hydrogen) atoms. The molecular formula is C19H23N5O2. The van der Waals surface area contributed by atoms with Gasteiger partial charge in [-0.05, 0) is 18.7 Å². The number of rotatable bonds is 7. The number of aryl methyl sites for hydroxylation is 1. The minimum atomic E-state index is -0.179. The highest BCUT2D eigenvalue weighted by atomic mass is 16.5. The van der Waals surface area contributed by atoms with E-state index in [2.05, 4.69) is 39.1 Å². The molecule has 1 N–H and O–H groups in total. The smallest absolute Gasteiger partial charge is 0.251 e. The van der Waals surface area contributed by atoms with Crippen molar-refractivity contribution in [3.05, 3.63) is 69.9 Å². The van der Waals surface area contributed by atoms with Crippen LogP contribution in [-0.2, 0) is 31.5 Å². The van der Waals surface area contributed by atoms with E-state index in [9.17, 15) is 4.79 Å². The second kappa shape index (κ2) is 8.07. The fraction of sp³-hybridized carbons (Fsp3) is 0.316. The summed E-state index contributed by atoms with van der Waals surface area (Å²) >= 11 is 0. The number of nitrogens with zero attached hydrogens (tertiary/aromatic N) is 4. The summed E-state index contributed by atoms with van der Waals surface area (Å²) in [5.74, 6) is 0.557. The molecule has 0 bridgehead atoms. The van der Waals surface area contributed by atoms with E-state index in [1.165, 1.54) is 11.6 Å². The Morgan fingerprint density at radius 1 is 1.23 bits per heavy atom. The van der Waals surface area contributed by atoms with Crippen molar-refractivity contribution in [1.29, 1.82) is 0 Å². The quantitative estimate of drug-likeness (QED) is 0.703. The van der Waals surface area contributed by atoms with Crippen LogP contribution in [0.4, 0.5) is 0 Å². The fourth-order valence-corrected chi connectivity index (χ4v) is 2.92. The minimum Gasteiger partial charge on any atom is -0.378 e. The van der Waals surface area contributed by atoms with E-state index in [1.807, 2.05) is 31.6 Å². The van der Waals surface area contributed by atoms with Crippen molar-refractivity contribution in [3.8, 4) is 11.4 Å². The van der Waals surface area contributed by atoms with Crippen molar-refractivity contribution >= 4 is 0 Å². The van der Waals surface area contributed by atoms with Crippen LogP contribution in [0.1, 0.15) is 16.8 Å². The molecule has 2 aromatic heterocycles. The molecule has 1 aromatic carbocycles. The molecule has 7 heteroatoms. The third-order valence-corrected chi connectivity index (χ3v) is 3.95. The van der Waals surface area contributed by atoms with E-state index >= 15 is 0 Å². The Bertz CT molecular complexity index is 931. The number of methoxy groups -OCH3 is 1. The van der Waals surface area contributed by atoms with Crippen molar-refractivity contribution in [2.75, 3.05) is 14.2 Å². The molecule has 3 aromatic rings. The zero-order valence-corrected chi connectivity index (χ0v) is 15.3. The van der Waals surface area contributed by atoms with Crippen molar-refractivity contribution in [3.63, 3.8) is 0 Å². The van der Waals surface area contributed by atoms with Crippen molar-refractivity contribution < 1.29 is 4.74 Å². The van der Waals surface area contributed by atoms with Gasteiger partial charge >= 0.3 is 0 Å². The monoisotopic (exact) mass is 353 g/mol. The predicted octanol–water partition coefficient (Wildman–Crippen LogP) is 1.95. The Kier molecular flexibility index (Phi) is 5.60. The summed E-state index contributed by atoms with van der Waals surface area (Å²) < 4.78 is 6.88. The standard InChI is InChI=1S/C19H23N5O2/c1-23(11-15-9-20-24(2)12-15)10-14-5-4-6-16(7-14)19-21-17(13-26-3)8-18(25)22-19/h4-9,12H,10-11,13H2,1-3H3,(H,21,22,25). The van der Waals surface area contributed by atoms with Crippen molar-refractivity contribution in [2.24, 2.45) is 7.05 Å². The summed E-state index contributed by atoms with van der Waals surface area (Å²) in [6.45, 7) is 1.91.